The SMILES string of the molecule is C#CC1CC(=O)C(F)C1F. The molecule has 0 spiro atoms. The molecule has 0 saturated heterocycles. The quantitative estimate of drug-likeness (QED) is 0.461. The molecule has 54 valence electrons. The van der Waals surface area contributed by atoms with Crippen LogP contribution in [0.5, 0.6) is 0 Å². The lowest BCUT2D eigenvalue weighted by Crippen LogP contribution is -2.18. The van der Waals surface area contributed by atoms with Crippen LogP contribution >= 0.6 is 0 Å². The molecule has 0 bridgehead atoms. The third-order valence-electron chi connectivity index (χ3n) is 1.61. The van der Waals surface area contributed by atoms with Crippen molar-refractivity contribution in [1.82, 2.24) is 0 Å². The molecule has 1 rings (SSSR count). The maximum absolute atomic E-state index is 12.5. The van der Waals surface area contributed by atoms with Gasteiger partial charge >= 0.3 is 0 Å². The minimum absolute atomic E-state index is 0.154. The summed E-state index contributed by atoms with van der Waals surface area (Å²) in [6, 6.07) is 0. The molecular weight excluding hydrogens is 138 g/mol. The van der Waals surface area contributed by atoms with E-state index in [0.29, 0.717) is 0 Å². The average Bonchev–Trinajstić information content (AvgIpc) is 2.17. The number of carbonyl (C=O) groups is 1. The van der Waals surface area contributed by atoms with Crippen molar-refractivity contribution in [2.24, 2.45) is 5.92 Å². The molecule has 1 nitrogen and oxygen atoms in total. The lowest BCUT2D eigenvalue weighted by Gasteiger charge is -2.02. The van der Waals surface area contributed by atoms with E-state index in [1.165, 1.54) is 0 Å². The van der Waals surface area contributed by atoms with Crippen LogP contribution in [0.3, 0.4) is 0 Å². The molecule has 10 heavy (non-hydrogen) atoms. The molecule has 0 heterocycles. The Morgan fingerprint density at radius 3 is 2.40 bits per heavy atom. The van der Waals surface area contributed by atoms with Crippen molar-refractivity contribution in [1.29, 1.82) is 0 Å². The molecule has 0 aromatic heterocycles. The highest BCUT2D eigenvalue weighted by Crippen LogP contribution is 2.27. The predicted octanol–water partition coefficient (Wildman–Crippen LogP) is 0.885. The number of terminal acetylenes is 1. The van der Waals surface area contributed by atoms with E-state index in [4.69, 9.17) is 6.42 Å². The van der Waals surface area contributed by atoms with E-state index in [9.17, 15) is 13.6 Å². The van der Waals surface area contributed by atoms with Gasteiger partial charge in [0.05, 0.1) is 5.92 Å². The molecule has 3 unspecified atom stereocenters. The van der Waals surface area contributed by atoms with Gasteiger partial charge in [0.2, 0.25) is 0 Å². The molecule has 1 fully saturated rings. The molecule has 0 amide bonds. The van der Waals surface area contributed by atoms with Crippen LogP contribution in [0, 0.1) is 18.3 Å². The summed E-state index contributed by atoms with van der Waals surface area (Å²) in [7, 11) is 0. The van der Waals surface area contributed by atoms with Crippen LogP contribution in [-0.2, 0) is 4.79 Å². The Bertz CT molecular complexity index is 194. The second-order valence-electron chi connectivity index (χ2n) is 2.29. The molecule has 3 atom stereocenters. The van der Waals surface area contributed by atoms with Crippen LogP contribution in [-0.4, -0.2) is 18.1 Å². The Hall–Kier alpha value is -0.910. The van der Waals surface area contributed by atoms with Crippen molar-refractivity contribution in [3.8, 4) is 12.3 Å². The van der Waals surface area contributed by atoms with Gasteiger partial charge in [-0.25, -0.2) is 8.78 Å². The molecule has 0 radical (unpaired) electrons. The standard InChI is InChI=1S/C7H6F2O/c1-2-4-3-5(10)7(9)6(4)8/h1,4,6-7H,3H2. The van der Waals surface area contributed by atoms with Crippen LogP contribution in [0.25, 0.3) is 0 Å². The zero-order valence-electron chi connectivity index (χ0n) is 5.18. The molecule has 1 saturated carbocycles. The third-order valence-corrected chi connectivity index (χ3v) is 1.61. The highest BCUT2D eigenvalue weighted by atomic mass is 19.2. The van der Waals surface area contributed by atoms with Crippen LogP contribution in [0.1, 0.15) is 6.42 Å². The van der Waals surface area contributed by atoms with Gasteiger partial charge in [-0.15, -0.1) is 6.42 Å². The van der Waals surface area contributed by atoms with Crippen molar-refractivity contribution < 1.29 is 13.6 Å². The smallest absolute Gasteiger partial charge is 0.190 e. The number of hydrogen-bond donors (Lipinski definition) is 0. The normalized spacial score (nSPS) is 39.7. The van der Waals surface area contributed by atoms with Crippen molar-refractivity contribution >= 4 is 5.78 Å². The van der Waals surface area contributed by atoms with Gasteiger partial charge < -0.3 is 0 Å². The zero-order chi connectivity index (χ0) is 7.72. The summed E-state index contributed by atoms with van der Waals surface area (Å²) in [5, 5.41) is 0. The number of rotatable bonds is 0. The van der Waals surface area contributed by atoms with Gasteiger partial charge in [0, 0.05) is 6.42 Å². The van der Waals surface area contributed by atoms with E-state index >= 15 is 0 Å². The van der Waals surface area contributed by atoms with E-state index in [1.807, 2.05) is 5.92 Å². The van der Waals surface area contributed by atoms with Crippen molar-refractivity contribution in [2.75, 3.05) is 0 Å². The number of hydrogen-bond acceptors (Lipinski definition) is 1. The highest BCUT2D eigenvalue weighted by Gasteiger charge is 2.42. The molecular formula is C7H6F2O. The van der Waals surface area contributed by atoms with Gasteiger partial charge in [-0.2, -0.15) is 0 Å². The van der Waals surface area contributed by atoms with Crippen molar-refractivity contribution in [3.05, 3.63) is 0 Å². The van der Waals surface area contributed by atoms with E-state index in [2.05, 4.69) is 0 Å². The summed E-state index contributed by atoms with van der Waals surface area (Å²) in [5.41, 5.74) is 0. The predicted molar refractivity (Wildman–Crippen MR) is 31.7 cm³/mol. The third kappa shape index (κ3) is 0.900. The second-order valence-corrected chi connectivity index (χ2v) is 2.29. The fraction of sp³-hybridized carbons (Fsp3) is 0.571. The van der Waals surface area contributed by atoms with Gasteiger partial charge in [0.1, 0.15) is 0 Å². The fourth-order valence-electron chi connectivity index (χ4n) is 0.974. The van der Waals surface area contributed by atoms with Crippen LogP contribution in [0.4, 0.5) is 8.78 Å². The lowest BCUT2D eigenvalue weighted by atomic mass is 10.1. The first-order valence-corrected chi connectivity index (χ1v) is 2.94. The van der Waals surface area contributed by atoms with E-state index in [1.54, 1.807) is 0 Å². The van der Waals surface area contributed by atoms with E-state index < -0.39 is 24.0 Å². The fourth-order valence-corrected chi connectivity index (χ4v) is 0.974. The summed E-state index contributed by atoms with van der Waals surface area (Å²) in [4.78, 5) is 10.4. The first-order chi connectivity index (χ1) is 4.66. The minimum atomic E-state index is -1.99. The molecule has 1 aliphatic carbocycles. The molecule has 0 aromatic rings. The first-order valence-electron chi connectivity index (χ1n) is 2.94. The number of carbonyl (C=O) groups excluding carboxylic acids is 1. The number of halogens is 2. The summed E-state index contributed by atoms with van der Waals surface area (Å²) < 4.78 is 24.8. The number of Topliss-reactive ketones (excluding diaryl/α,β-unsaturated/α-hetero) is 1. The molecule has 1 aliphatic rings. The lowest BCUT2D eigenvalue weighted by molar-refractivity contribution is -0.122. The molecule has 0 aliphatic heterocycles. The van der Waals surface area contributed by atoms with Crippen molar-refractivity contribution in [3.63, 3.8) is 0 Å². The highest BCUT2D eigenvalue weighted by molar-refractivity contribution is 5.86. The molecule has 0 aromatic carbocycles. The minimum Gasteiger partial charge on any atom is -0.296 e. The van der Waals surface area contributed by atoms with Crippen molar-refractivity contribution in [2.45, 2.75) is 18.8 Å². The van der Waals surface area contributed by atoms with Gasteiger partial charge in [0.25, 0.3) is 0 Å². The topological polar surface area (TPSA) is 17.1 Å². The Balaban J connectivity index is 2.73. The first kappa shape index (κ1) is 7.20. The second kappa shape index (κ2) is 2.37. The zero-order valence-corrected chi connectivity index (χ0v) is 5.18. The van der Waals surface area contributed by atoms with Gasteiger partial charge in [-0.1, -0.05) is 5.92 Å². The molecule has 0 N–H and O–H groups in total. The average molecular weight is 144 g/mol. The van der Waals surface area contributed by atoms with Gasteiger partial charge in [0.15, 0.2) is 18.1 Å². The Morgan fingerprint density at radius 2 is 2.20 bits per heavy atom. The van der Waals surface area contributed by atoms with Crippen LogP contribution < -0.4 is 0 Å². The molecule has 3 heteroatoms. The van der Waals surface area contributed by atoms with Gasteiger partial charge in [-0.3, -0.25) is 4.79 Å². The van der Waals surface area contributed by atoms with E-state index in [0.717, 1.165) is 0 Å². The van der Waals surface area contributed by atoms with Crippen LogP contribution in [0.2, 0.25) is 0 Å². The van der Waals surface area contributed by atoms with E-state index in [-0.39, 0.29) is 6.42 Å². The number of ketones is 1. The summed E-state index contributed by atoms with van der Waals surface area (Å²) in [6.07, 6.45) is 0.921. The maximum Gasteiger partial charge on any atom is 0.190 e. The monoisotopic (exact) mass is 144 g/mol. The summed E-state index contributed by atoms with van der Waals surface area (Å²) >= 11 is 0. The Morgan fingerprint density at radius 1 is 1.60 bits per heavy atom. The number of alkyl halides is 2. The van der Waals surface area contributed by atoms with Crippen LogP contribution in [0.15, 0.2) is 0 Å². The maximum atomic E-state index is 12.5. The Kier molecular flexibility index (Phi) is 1.71. The summed E-state index contributed by atoms with van der Waals surface area (Å²) in [6.45, 7) is 0. The summed E-state index contributed by atoms with van der Waals surface area (Å²) in [5.74, 6) is 0.481. The Labute approximate surface area is 57.4 Å². The largest absolute Gasteiger partial charge is 0.296 e. The van der Waals surface area contributed by atoms with Gasteiger partial charge in [-0.05, 0) is 0 Å².